The minimum absolute atomic E-state index is 0.0772. The quantitative estimate of drug-likeness (QED) is 0.836. The third-order valence-corrected chi connectivity index (χ3v) is 3.79. The summed E-state index contributed by atoms with van der Waals surface area (Å²) < 4.78 is 18.3. The van der Waals surface area contributed by atoms with Gasteiger partial charge in [0.15, 0.2) is 0 Å². The van der Waals surface area contributed by atoms with E-state index in [2.05, 4.69) is 5.32 Å². The van der Waals surface area contributed by atoms with E-state index in [0.717, 1.165) is 6.07 Å². The van der Waals surface area contributed by atoms with Crippen LogP contribution in [0, 0.1) is 11.7 Å². The number of esters is 1. The molecular weight excluding hydrogens is 277 g/mol. The number of halogens is 1. The highest BCUT2D eigenvalue weighted by Gasteiger charge is 2.28. The standard InChI is InChI=1S/C15H18FNO4/c1-21-15(20)9-2-4-10(5-3-9)17-14(19)12-7-6-11(18)8-13(12)16/h6-10,18H,2-5H2,1H3,(H,17,19). The van der Waals surface area contributed by atoms with Gasteiger partial charge in [0.1, 0.15) is 11.6 Å². The van der Waals surface area contributed by atoms with Crippen LogP contribution in [-0.2, 0) is 9.53 Å². The van der Waals surface area contributed by atoms with Gasteiger partial charge in [0.05, 0.1) is 18.6 Å². The van der Waals surface area contributed by atoms with Gasteiger partial charge in [0.25, 0.3) is 5.91 Å². The smallest absolute Gasteiger partial charge is 0.308 e. The van der Waals surface area contributed by atoms with E-state index in [9.17, 15) is 14.0 Å². The molecule has 21 heavy (non-hydrogen) atoms. The van der Waals surface area contributed by atoms with Gasteiger partial charge in [-0.3, -0.25) is 9.59 Å². The van der Waals surface area contributed by atoms with Crippen molar-refractivity contribution in [2.45, 2.75) is 31.7 Å². The minimum atomic E-state index is -0.754. The number of phenols is 1. The molecule has 1 aliphatic rings. The molecule has 2 rings (SSSR count). The predicted molar refractivity (Wildman–Crippen MR) is 73.3 cm³/mol. The maximum Gasteiger partial charge on any atom is 0.308 e. The van der Waals surface area contributed by atoms with Crippen LogP contribution in [0.25, 0.3) is 0 Å². The first-order chi connectivity index (χ1) is 10.0. The lowest BCUT2D eigenvalue weighted by Gasteiger charge is -2.27. The number of aromatic hydroxyl groups is 1. The van der Waals surface area contributed by atoms with Crippen molar-refractivity contribution in [3.63, 3.8) is 0 Å². The van der Waals surface area contributed by atoms with E-state index in [1.807, 2.05) is 0 Å². The number of carbonyl (C=O) groups excluding carboxylic acids is 2. The molecule has 1 saturated carbocycles. The Morgan fingerprint density at radius 1 is 1.29 bits per heavy atom. The topological polar surface area (TPSA) is 75.6 Å². The molecule has 0 bridgehead atoms. The third kappa shape index (κ3) is 3.71. The lowest BCUT2D eigenvalue weighted by atomic mass is 9.86. The van der Waals surface area contributed by atoms with Crippen molar-refractivity contribution in [1.82, 2.24) is 5.32 Å². The lowest BCUT2D eigenvalue weighted by Crippen LogP contribution is -2.39. The Balaban J connectivity index is 1.91. The summed E-state index contributed by atoms with van der Waals surface area (Å²) in [6.45, 7) is 0. The number of nitrogens with one attached hydrogen (secondary N) is 1. The number of benzene rings is 1. The van der Waals surface area contributed by atoms with Gasteiger partial charge in [0, 0.05) is 12.1 Å². The second-order valence-electron chi connectivity index (χ2n) is 5.21. The molecule has 114 valence electrons. The van der Waals surface area contributed by atoms with Gasteiger partial charge >= 0.3 is 5.97 Å². The summed E-state index contributed by atoms with van der Waals surface area (Å²) in [6.07, 6.45) is 2.61. The number of rotatable bonds is 3. The van der Waals surface area contributed by atoms with Gasteiger partial charge in [-0.05, 0) is 37.8 Å². The highest BCUT2D eigenvalue weighted by Crippen LogP contribution is 2.25. The fourth-order valence-corrected chi connectivity index (χ4v) is 2.59. The highest BCUT2D eigenvalue weighted by molar-refractivity contribution is 5.94. The molecule has 0 spiro atoms. The van der Waals surface area contributed by atoms with E-state index in [4.69, 9.17) is 9.84 Å². The molecule has 0 aromatic heterocycles. The molecule has 0 atom stereocenters. The van der Waals surface area contributed by atoms with Gasteiger partial charge in [-0.2, -0.15) is 0 Å². The van der Waals surface area contributed by atoms with Crippen molar-refractivity contribution >= 4 is 11.9 Å². The molecule has 6 heteroatoms. The molecule has 0 unspecified atom stereocenters. The van der Waals surface area contributed by atoms with Crippen molar-refractivity contribution in [1.29, 1.82) is 0 Å². The number of amides is 1. The molecule has 0 aliphatic heterocycles. The van der Waals surface area contributed by atoms with Crippen LogP contribution in [0.2, 0.25) is 0 Å². The van der Waals surface area contributed by atoms with E-state index in [1.165, 1.54) is 19.2 Å². The van der Waals surface area contributed by atoms with Crippen molar-refractivity contribution in [2.75, 3.05) is 7.11 Å². The van der Waals surface area contributed by atoms with Gasteiger partial charge in [-0.25, -0.2) is 4.39 Å². The Labute approximate surface area is 122 Å². The van der Waals surface area contributed by atoms with Crippen LogP contribution in [0.5, 0.6) is 5.75 Å². The summed E-state index contributed by atoms with van der Waals surface area (Å²) in [5.74, 6) is -1.81. The third-order valence-electron chi connectivity index (χ3n) is 3.79. The van der Waals surface area contributed by atoms with Crippen LogP contribution in [0.15, 0.2) is 18.2 Å². The Hall–Kier alpha value is -2.11. The van der Waals surface area contributed by atoms with Crippen LogP contribution in [0.3, 0.4) is 0 Å². The van der Waals surface area contributed by atoms with Gasteiger partial charge in [0.2, 0.25) is 0 Å². The largest absolute Gasteiger partial charge is 0.508 e. The summed E-state index contributed by atoms with van der Waals surface area (Å²) in [4.78, 5) is 23.4. The number of carbonyl (C=O) groups is 2. The van der Waals surface area contributed by atoms with Crippen LogP contribution >= 0.6 is 0 Å². The molecule has 1 aromatic rings. The second kappa shape index (κ2) is 6.56. The maximum atomic E-state index is 13.6. The fourth-order valence-electron chi connectivity index (χ4n) is 2.59. The number of methoxy groups -OCH3 is 1. The molecule has 0 saturated heterocycles. The van der Waals surface area contributed by atoms with Crippen molar-refractivity contribution < 1.29 is 23.8 Å². The molecule has 1 fully saturated rings. The monoisotopic (exact) mass is 295 g/mol. The normalized spacial score (nSPS) is 21.6. The van der Waals surface area contributed by atoms with E-state index in [0.29, 0.717) is 25.7 Å². The van der Waals surface area contributed by atoms with Gasteiger partial charge in [-0.15, -0.1) is 0 Å². The summed E-state index contributed by atoms with van der Waals surface area (Å²) in [5, 5.41) is 11.9. The van der Waals surface area contributed by atoms with Crippen LogP contribution in [0.4, 0.5) is 4.39 Å². The molecular formula is C15H18FNO4. The average Bonchev–Trinajstić information content (AvgIpc) is 2.47. The Bertz CT molecular complexity index is 538. The number of hydrogen-bond acceptors (Lipinski definition) is 4. The predicted octanol–water partition coefficient (Wildman–Crippen LogP) is 1.99. The molecule has 0 radical (unpaired) electrons. The molecule has 5 nitrogen and oxygen atoms in total. The van der Waals surface area contributed by atoms with Gasteiger partial charge in [-0.1, -0.05) is 0 Å². The molecule has 1 aromatic carbocycles. The van der Waals surface area contributed by atoms with E-state index < -0.39 is 11.7 Å². The molecule has 1 amide bonds. The summed E-state index contributed by atoms with van der Waals surface area (Å²) in [7, 11) is 1.36. The lowest BCUT2D eigenvalue weighted by molar-refractivity contribution is -0.146. The zero-order valence-corrected chi connectivity index (χ0v) is 11.8. The first-order valence-corrected chi connectivity index (χ1v) is 6.88. The van der Waals surface area contributed by atoms with Crippen molar-refractivity contribution in [2.24, 2.45) is 5.92 Å². The van der Waals surface area contributed by atoms with E-state index in [1.54, 1.807) is 0 Å². The summed E-state index contributed by atoms with van der Waals surface area (Å²) >= 11 is 0. The van der Waals surface area contributed by atoms with Crippen LogP contribution in [0.1, 0.15) is 36.0 Å². The van der Waals surface area contributed by atoms with Crippen LogP contribution in [-0.4, -0.2) is 30.1 Å². The number of phenolic OH excluding ortho intramolecular Hbond substituents is 1. The average molecular weight is 295 g/mol. The summed E-state index contributed by atoms with van der Waals surface area (Å²) in [5.41, 5.74) is -0.0945. The SMILES string of the molecule is COC(=O)C1CCC(NC(=O)c2ccc(O)cc2F)CC1. The zero-order valence-electron chi connectivity index (χ0n) is 11.8. The van der Waals surface area contributed by atoms with E-state index >= 15 is 0 Å². The minimum Gasteiger partial charge on any atom is -0.508 e. The van der Waals surface area contributed by atoms with Crippen molar-refractivity contribution in [3.05, 3.63) is 29.6 Å². The number of ether oxygens (including phenoxy) is 1. The Kier molecular flexibility index (Phi) is 4.77. The molecule has 2 N–H and O–H groups in total. The van der Waals surface area contributed by atoms with E-state index in [-0.39, 0.29) is 29.2 Å². The molecule has 1 aliphatic carbocycles. The first kappa shape index (κ1) is 15.3. The summed E-state index contributed by atoms with van der Waals surface area (Å²) in [6, 6.07) is 3.35. The highest BCUT2D eigenvalue weighted by atomic mass is 19.1. The van der Waals surface area contributed by atoms with Crippen molar-refractivity contribution in [3.8, 4) is 5.75 Å². The second-order valence-corrected chi connectivity index (χ2v) is 5.21. The van der Waals surface area contributed by atoms with Crippen LogP contribution < -0.4 is 5.32 Å². The molecule has 0 heterocycles. The zero-order chi connectivity index (χ0) is 15.4. The number of hydrogen-bond donors (Lipinski definition) is 2. The maximum absolute atomic E-state index is 13.6. The first-order valence-electron chi connectivity index (χ1n) is 6.88. The Morgan fingerprint density at radius 2 is 1.95 bits per heavy atom. The van der Waals surface area contributed by atoms with Gasteiger partial charge < -0.3 is 15.2 Å². The Morgan fingerprint density at radius 3 is 2.52 bits per heavy atom. The fraction of sp³-hybridized carbons (Fsp3) is 0.467.